The zero-order valence-electron chi connectivity index (χ0n) is 19.0. The fourth-order valence-corrected chi connectivity index (χ4v) is 5.70. The van der Waals surface area contributed by atoms with Gasteiger partial charge in [0.15, 0.2) is 0 Å². The minimum Gasteiger partial charge on any atom is -0.364 e. The van der Waals surface area contributed by atoms with Crippen LogP contribution in [0.15, 0.2) is 85.6 Å². The number of aromatic amines is 1. The number of imidazole rings is 1. The number of nitrogens with one attached hydrogen (secondary N) is 1. The van der Waals surface area contributed by atoms with Crippen LogP contribution in [0, 0.1) is 0 Å². The smallest absolute Gasteiger partial charge is 0.211 e. The van der Waals surface area contributed by atoms with Crippen LogP contribution in [0.1, 0.15) is 16.8 Å². The van der Waals surface area contributed by atoms with E-state index >= 15 is 0 Å². The predicted molar refractivity (Wildman–Crippen MR) is 134 cm³/mol. The van der Waals surface area contributed by atoms with Crippen molar-refractivity contribution >= 4 is 15.7 Å². The van der Waals surface area contributed by atoms with Gasteiger partial charge in [0.25, 0.3) is 0 Å². The summed E-state index contributed by atoms with van der Waals surface area (Å²) in [7, 11) is -3.45. The van der Waals surface area contributed by atoms with Crippen LogP contribution in [-0.4, -0.2) is 46.5 Å². The number of anilines is 1. The summed E-state index contributed by atoms with van der Waals surface area (Å²) >= 11 is 0. The first-order chi connectivity index (χ1) is 16.5. The molecule has 1 aliphatic rings. The summed E-state index contributed by atoms with van der Waals surface area (Å²) in [4.78, 5) is 13.9. The number of nitrogens with zero attached hydrogens (tertiary/aromatic N) is 4. The number of fused-ring (bicyclic) bond motifs is 1. The first kappa shape index (κ1) is 22.3. The summed E-state index contributed by atoms with van der Waals surface area (Å²) in [5.41, 5.74) is 6.12. The monoisotopic (exact) mass is 473 g/mol. The fourth-order valence-electron chi connectivity index (χ4n) is 4.64. The van der Waals surface area contributed by atoms with E-state index in [0.29, 0.717) is 26.1 Å². The van der Waals surface area contributed by atoms with Crippen molar-refractivity contribution in [3.63, 3.8) is 0 Å². The molecular weight excluding hydrogens is 446 g/mol. The lowest BCUT2D eigenvalue weighted by Crippen LogP contribution is -2.45. The Hall–Kier alpha value is -3.49. The van der Waals surface area contributed by atoms with Gasteiger partial charge in [-0.25, -0.2) is 13.4 Å². The maximum atomic E-state index is 13.0. The van der Waals surface area contributed by atoms with Gasteiger partial charge in [0.05, 0.1) is 24.8 Å². The number of H-pyrrole nitrogens is 1. The van der Waals surface area contributed by atoms with Crippen LogP contribution in [0.25, 0.3) is 11.1 Å². The van der Waals surface area contributed by atoms with Gasteiger partial charge < -0.3 is 9.88 Å². The predicted octanol–water partition coefficient (Wildman–Crippen LogP) is 3.86. The molecule has 0 amide bonds. The SMILES string of the molecule is CS(=O)(=O)N1Cc2cc(-c3cccnc3)ccc2N(Cc2cnc[nH]2)C[C@H]1Cc1ccccc1. The minimum atomic E-state index is -3.45. The number of hydrogen-bond donors (Lipinski definition) is 1. The van der Waals surface area contributed by atoms with E-state index in [0.717, 1.165) is 33.6 Å². The highest BCUT2D eigenvalue weighted by molar-refractivity contribution is 7.88. The van der Waals surface area contributed by atoms with Crippen LogP contribution in [0.3, 0.4) is 0 Å². The molecule has 5 rings (SSSR count). The van der Waals surface area contributed by atoms with Crippen LogP contribution < -0.4 is 4.90 Å². The Morgan fingerprint density at radius 2 is 1.85 bits per heavy atom. The largest absolute Gasteiger partial charge is 0.364 e. The molecule has 0 spiro atoms. The molecule has 1 N–H and O–H groups in total. The molecule has 8 heteroatoms. The molecule has 0 saturated carbocycles. The lowest BCUT2D eigenvalue weighted by Gasteiger charge is -2.31. The summed E-state index contributed by atoms with van der Waals surface area (Å²) in [5, 5.41) is 0. The van der Waals surface area contributed by atoms with E-state index in [2.05, 4.69) is 50.2 Å². The maximum absolute atomic E-state index is 13.0. The third-order valence-electron chi connectivity index (χ3n) is 6.24. The zero-order chi connectivity index (χ0) is 23.5. The van der Waals surface area contributed by atoms with E-state index in [-0.39, 0.29) is 6.04 Å². The number of sulfonamides is 1. The van der Waals surface area contributed by atoms with Gasteiger partial charge in [-0.1, -0.05) is 42.5 Å². The maximum Gasteiger partial charge on any atom is 0.211 e. The third kappa shape index (κ3) is 4.88. The van der Waals surface area contributed by atoms with Crippen molar-refractivity contribution in [2.75, 3.05) is 17.7 Å². The number of rotatable bonds is 6. The molecule has 4 aromatic rings. The first-order valence-corrected chi connectivity index (χ1v) is 13.1. The quantitative estimate of drug-likeness (QED) is 0.460. The standard InChI is InChI=1S/C26H27N5O2S/c1-34(32,33)31-16-23-13-21(22-8-5-11-27-14-22)9-10-26(23)30(17-24-15-28-19-29-24)18-25(31)12-20-6-3-2-4-7-20/h2-11,13-15,19,25H,12,16-18H2,1H3,(H,28,29)/t25-/m1/s1. The molecule has 2 aromatic heterocycles. The molecule has 0 saturated heterocycles. The van der Waals surface area contributed by atoms with Crippen molar-refractivity contribution in [3.05, 3.63) is 102 Å². The topological polar surface area (TPSA) is 82.2 Å². The van der Waals surface area contributed by atoms with Crippen molar-refractivity contribution in [1.82, 2.24) is 19.3 Å². The molecule has 0 fully saturated rings. The summed E-state index contributed by atoms with van der Waals surface area (Å²) in [6, 6.07) is 20.1. The average Bonchev–Trinajstić information content (AvgIpc) is 3.30. The lowest BCUT2D eigenvalue weighted by molar-refractivity contribution is 0.320. The van der Waals surface area contributed by atoms with Gasteiger partial charge in [-0.15, -0.1) is 0 Å². The zero-order valence-corrected chi connectivity index (χ0v) is 19.8. The summed E-state index contributed by atoms with van der Waals surface area (Å²) in [6.45, 7) is 1.50. The molecule has 174 valence electrons. The molecule has 1 atom stereocenters. The van der Waals surface area contributed by atoms with Gasteiger partial charge in [-0.05, 0) is 46.9 Å². The van der Waals surface area contributed by atoms with Gasteiger partial charge in [0.2, 0.25) is 10.0 Å². The van der Waals surface area contributed by atoms with Crippen LogP contribution in [0.5, 0.6) is 0 Å². The van der Waals surface area contributed by atoms with Crippen LogP contribution >= 0.6 is 0 Å². The highest BCUT2D eigenvalue weighted by atomic mass is 32.2. The average molecular weight is 474 g/mol. The van der Waals surface area contributed by atoms with Crippen molar-refractivity contribution in [1.29, 1.82) is 0 Å². The Balaban J connectivity index is 1.58. The summed E-state index contributed by atoms with van der Waals surface area (Å²) in [6.07, 6.45) is 9.00. The molecule has 0 radical (unpaired) electrons. The Morgan fingerprint density at radius 1 is 1.00 bits per heavy atom. The first-order valence-electron chi connectivity index (χ1n) is 11.2. The molecule has 0 unspecified atom stereocenters. The van der Waals surface area contributed by atoms with Crippen LogP contribution in [-0.2, 0) is 29.5 Å². The Morgan fingerprint density at radius 3 is 2.56 bits per heavy atom. The van der Waals surface area contributed by atoms with E-state index in [1.807, 2.05) is 42.7 Å². The van der Waals surface area contributed by atoms with E-state index in [1.165, 1.54) is 6.26 Å². The second-order valence-electron chi connectivity index (χ2n) is 8.69. The van der Waals surface area contributed by atoms with Gasteiger partial charge in [0.1, 0.15) is 0 Å². The number of benzene rings is 2. The van der Waals surface area contributed by atoms with E-state index in [1.54, 1.807) is 16.8 Å². The molecule has 1 aliphatic heterocycles. The van der Waals surface area contributed by atoms with Gasteiger partial charge in [-0.2, -0.15) is 4.31 Å². The summed E-state index contributed by atoms with van der Waals surface area (Å²) in [5.74, 6) is 0. The second kappa shape index (κ2) is 9.40. The Labute approximate surface area is 200 Å². The Bertz CT molecular complexity index is 1340. The Kier molecular flexibility index (Phi) is 6.17. The highest BCUT2D eigenvalue weighted by Crippen LogP contribution is 2.34. The molecule has 0 bridgehead atoms. The van der Waals surface area contributed by atoms with E-state index < -0.39 is 10.0 Å². The molecular formula is C26H27N5O2S. The van der Waals surface area contributed by atoms with Gasteiger partial charge >= 0.3 is 0 Å². The molecule has 34 heavy (non-hydrogen) atoms. The van der Waals surface area contributed by atoms with Crippen molar-refractivity contribution in [3.8, 4) is 11.1 Å². The molecule has 3 heterocycles. The minimum absolute atomic E-state index is 0.213. The van der Waals surface area contributed by atoms with Crippen molar-refractivity contribution in [2.24, 2.45) is 0 Å². The van der Waals surface area contributed by atoms with E-state index in [9.17, 15) is 8.42 Å². The van der Waals surface area contributed by atoms with Gasteiger partial charge in [-0.3, -0.25) is 4.98 Å². The van der Waals surface area contributed by atoms with Gasteiger partial charge in [0, 0.05) is 43.4 Å². The van der Waals surface area contributed by atoms with Crippen LogP contribution in [0.2, 0.25) is 0 Å². The number of pyridine rings is 1. The molecule has 7 nitrogen and oxygen atoms in total. The van der Waals surface area contributed by atoms with Crippen molar-refractivity contribution in [2.45, 2.75) is 25.6 Å². The highest BCUT2D eigenvalue weighted by Gasteiger charge is 2.33. The molecule has 0 aliphatic carbocycles. The van der Waals surface area contributed by atoms with Crippen LogP contribution in [0.4, 0.5) is 5.69 Å². The third-order valence-corrected chi connectivity index (χ3v) is 7.52. The fraction of sp³-hybridized carbons (Fsp3) is 0.231. The van der Waals surface area contributed by atoms with Crippen molar-refractivity contribution < 1.29 is 8.42 Å². The number of aromatic nitrogens is 3. The normalized spacial score (nSPS) is 16.7. The molecule has 2 aromatic carbocycles. The number of hydrogen-bond acceptors (Lipinski definition) is 5. The van der Waals surface area contributed by atoms with E-state index in [4.69, 9.17) is 0 Å². The second-order valence-corrected chi connectivity index (χ2v) is 10.6. The lowest BCUT2D eigenvalue weighted by atomic mass is 10.0. The summed E-state index contributed by atoms with van der Waals surface area (Å²) < 4.78 is 27.7.